The molecule has 2 aromatic carbocycles. The van der Waals surface area contributed by atoms with E-state index in [1.165, 1.54) is 28.6 Å². The van der Waals surface area contributed by atoms with Crippen LogP contribution in [0.5, 0.6) is 0 Å². The molecule has 0 aromatic heterocycles. The van der Waals surface area contributed by atoms with E-state index >= 15 is 0 Å². The zero-order chi connectivity index (χ0) is 21.9. The van der Waals surface area contributed by atoms with E-state index < -0.39 is 16.1 Å². The maximum atomic E-state index is 12.8. The Balaban J connectivity index is 1.58. The highest BCUT2D eigenvalue weighted by atomic mass is 35.5. The molecule has 2 amide bonds. The van der Waals surface area contributed by atoms with Crippen molar-refractivity contribution in [2.45, 2.75) is 24.8 Å². The van der Waals surface area contributed by atoms with E-state index in [2.05, 4.69) is 5.32 Å². The number of aryl methyl sites for hydroxylation is 1. The number of nitrogens with one attached hydrogen (secondary N) is 1. The van der Waals surface area contributed by atoms with Crippen molar-refractivity contribution in [2.24, 2.45) is 0 Å². The average molecular weight is 450 g/mol. The van der Waals surface area contributed by atoms with E-state index in [9.17, 15) is 18.0 Å². The van der Waals surface area contributed by atoms with Gasteiger partial charge in [-0.2, -0.15) is 4.31 Å². The third kappa shape index (κ3) is 5.00. The SMILES string of the molecule is Cc1cccc(C(=O)N[C@@H](C)C(=O)N2CCN(S(=O)(=O)c3ccc(Cl)cc3)CC2)c1. The zero-order valence-electron chi connectivity index (χ0n) is 16.8. The first kappa shape index (κ1) is 22.3. The van der Waals surface area contributed by atoms with Crippen molar-refractivity contribution in [3.05, 3.63) is 64.7 Å². The Morgan fingerprint density at radius 3 is 2.27 bits per heavy atom. The summed E-state index contributed by atoms with van der Waals surface area (Å²) in [5.74, 6) is -0.553. The predicted octanol–water partition coefficient (Wildman–Crippen LogP) is 2.30. The third-order valence-electron chi connectivity index (χ3n) is 5.00. The number of amides is 2. The van der Waals surface area contributed by atoms with Gasteiger partial charge in [-0.3, -0.25) is 9.59 Å². The predicted molar refractivity (Wildman–Crippen MR) is 115 cm³/mol. The molecule has 1 aliphatic heterocycles. The van der Waals surface area contributed by atoms with Gasteiger partial charge in [0.25, 0.3) is 5.91 Å². The quantitative estimate of drug-likeness (QED) is 0.758. The first-order valence-corrected chi connectivity index (χ1v) is 11.4. The summed E-state index contributed by atoms with van der Waals surface area (Å²) in [5, 5.41) is 3.18. The van der Waals surface area contributed by atoms with Crippen molar-refractivity contribution in [1.29, 1.82) is 0 Å². The first-order chi connectivity index (χ1) is 14.2. The van der Waals surface area contributed by atoms with E-state index in [0.29, 0.717) is 10.6 Å². The van der Waals surface area contributed by atoms with Gasteiger partial charge in [-0.25, -0.2) is 8.42 Å². The van der Waals surface area contributed by atoms with Gasteiger partial charge in [-0.05, 0) is 50.2 Å². The van der Waals surface area contributed by atoms with Gasteiger partial charge in [-0.15, -0.1) is 0 Å². The lowest BCUT2D eigenvalue weighted by Gasteiger charge is -2.35. The van der Waals surface area contributed by atoms with Crippen LogP contribution in [-0.2, 0) is 14.8 Å². The number of hydrogen-bond donors (Lipinski definition) is 1. The number of halogens is 1. The number of carbonyl (C=O) groups excluding carboxylic acids is 2. The second-order valence-electron chi connectivity index (χ2n) is 7.25. The maximum Gasteiger partial charge on any atom is 0.251 e. The Labute approximate surface area is 181 Å². The molecule has 9 heteroatoms. The Morgan fingerprint density at radius 1 is 1.03 bits per heavy atom. The highest BCUT2D eigenvalue weighted by Crippen LogP contribution is 2.20. The van der Waals surface area contributed by atoms with Crippen molar-refractivity contribution in [3.8, 4) is 0 Å². The van der Waals surface area contributed by atoms with Crippen LogP contribution in [0.2, 0.25) is 5.02 Å². The highest BCUT2D eigenvalue weighted by molar-refractivity contribution is 7.89. The number of carbonyl (C=O) groups is 2. The van der Waals surface area contributed by atoms with E-state index in [1.807, 2.05) is 13.0 Å². The zero-order valence-corrected chi connectivity index (χ0v) is 18.4. The van der Waals surface area contributed by atoms with Gasteiger partial charge in [0.2, 0.25) is 15.9 Å². The topological polar surface area (TPSA) is 86.8 Å². The van der Waals surface area contributed by atoms with E-state index in [-0.39, 0.29) is 42.9 Å². The molecule has 1 fully saturated rings. The molecule has 0 radical (unpaired) electrons. The monoisotopic (exact) mass is 449 g/mol. The van der Waals surface area contributed by atoms with Crippen LogP contribution in [0.3, 0.4) is 0 Å². The molecule has 30 heavy (non-hydrogen) atoms. The molecule has 0 aliphatic carbocycles. The van der Waals surface area contributed by atoms with Crippen LogP contribution in [-0.4, -0.2) is 61.7 Å². The summed E-state index contributed by atoms with van der Waals surface area (Å²) in [6.45, 7) is 4.42. The van der Waals surface area contributed by atoms with Crippen LogP contribution in [0.4, 0.5) is 0 Å². The largest absolute Gasteiger partial charge is 0.341 e. The minimum absolute atomic E-state index is 0.172. The molecule has 160 valence electrons. The van der Waals surface area contributed by atoms with Gasteiger partial charge < -0.3 is 10.2 Å². The van der Waals surface area contributed by atoms with Crippen LogP contribution in [0.15, 0.2) is 53.4 Å². The normalized spacial score (nSPS) is 16.2. The van der Waals surface area contributed by atoms with E-state index in [0.717, 1.165) is 5.56 Å². The van der Waals surface area contributed by atoms with Crippen LogP contribution < -0.4 is 5.32 Å². The van der Waals surface area contributed by atoms with Gasteiger partial charge in [0.05, 0.1) is 4.90 Å². The number of hydrogen-bond acceptors (Lipinski definition) is 4. The lowest BCUT2D eigenvalue weighted by Crippen LogP contribution is -2.55. The maximum absolute atomic E-state index is 12.8. The molecule has 0 spiro atoms. The lowest BCUT2D eigenvalue weighted by atomic mass is 10.1. The molecule has 0 unspecified atom stereocenters. The van der Waals surface area contributed by atoms with Gasteiger partial charge in [0, 0.05) is 36.8 Å². The molecule has 0 bridgehead atoms. The van der Waals surface area contributed by atoms with Crippen molar-refractivity contribution < 1.29 is 18.0 Å². The van der Waals surface area contributed by atoms with Crippen LogP contribution in [0, 0.1) is 6.92 Å². The fourth-order valence-electron chi connectivity index (χ4n) is 3.31. The molecule has 3 rings (SSSR count). The van der Waals surface area contributed by atoms with Crippen molar-refractivity contribution in [2.75, 3.05) is 26.2 Å². The number of rotatable bonds is 5. The molecule has 2 aromatic rings. The molecule has 7 nitrogen and oxygen atoms in total. The molecular formula is C21H24ClN3O4S. The Kier molecular flexibility index (Phi) is 6.80. The fraction of sp³-hybridized carbons (Fsp3) is 0.333. The van der Waals surface area contributed by atoms with Gasteiger partial charge in [0.15, 0.2) is 0 Å². The smallest absolute Gasteiger partial charge is 0.251 e. The molecule has 1 heterocycles. The second-order valence-corrected chi connectivity index (χ2v) is 9.62. The van der Waals surface area contributed by atoms with Crippen molar-refractivity contribution >= 4 is 33.4 Å². The molecule has 1 aliphatic rings. The Hall–Kier alpha value is -2.42. The van der Waals surface area contributed by atoms with Gasteiger partial charge in [0.1, 0.15) is 6.04 Å². The Bertz CT molecular complexity index is 1030. The summed E-state index contributed by atoms with van der Waals surface area (Å²) < 4.78 is 26.9. The number of nitrogens with zero attached hydrogens (tertiary/aromatic N) is 2. The number of benzene rings is 2. The first-order valence-electron chi connectivity index (χ1n) is 9.60. The summed E-state index contributed by atoms with van der Waals surface area (Å²) in [6.07, 6.45) is 0. The number of sulfonamides is 1. The average Bonchev–Trinajstić information content (AvgIpc) is 2.73. The van der Waals surface area contributed by atoms with Crippen molar-refractivity contribution in [3.63, 3.8) is 0 Å². The number of piperazine rings is 1. The second kappa shape index (κ2) is 9.16. The summed E-state index contributed by atoms with van der Waals surface area (Å²) >= 11 is 5.83. The summed E-state index contributed by atoms with van der Waals surface area (Å²) in [7, 11) is -3.64. The molecule has 0 saturated carbocycles. The van der Waals surface area contributed by atoms with Crippen LogP contribution >= 0.6 is 11.6 Å². The standard InChI is InChI=1S/C21H24ClN3O4S/c1-15-4-3-5-17(14-15)20(26)23-16(2)21(27)24-10-12-25(13-11-24)30(28,29)19-8-6-18(22)7-9-19/h3-9,14,16H,10-13H2,1-2H3,(H,23,26)/t16-/m0/s1. The lowest BCUT2D eigenvalue weighted by molar-refractivity contribution is -0.134. The minimum atomic E-state index is -3.64. The molecule has 1 atom stereocenters. The fourth-order valence-corrected chi connectivity index (χ4v) is 4.85. The van der Waals surface area contributed by atoms with E-state index in [4.69, 9.17) is 11.6 Å². The van der Waals surface area contributed by atoms with Crippen LogP contribution in [0.1, 0.15) is 22.8 Å². The van der Waals surface area contributed by atoms with E-state index in [1.54, 1.807) is 30.0 Å². The highest BCUT2D eigenvalue weighted by Gasteiger charge is 2.31. The van der Waals surface area contributed by atoms with Gasteiger partial charge >= 0.3 is 0 Å². The van der Waals surface area contributed by atoms with Crippen molar-refractivity contribution in [1.82, 2.24) is 14.5 Å². The summed E-state index contributed by atoms with van der Waals surface area (Å²) in [4.78, 5) is 26.9. The van der Waals surface area contributed by atoms with Crippen LogP contribution in [0.25, 0.3) is 0 Å². The third-order valence-corrected chi connectivity index (χ3v) is 7.16. The minimum Gasteiger partial charge on any atom is -0.341 e. The Morgan fingerprint density at radius 2 is 1.67 bits per heavy atom. The molecule has 1 N–H and O–H groups in total. The molecule has 1 saturated heterocycles. The molecular weight excluding hydrogens is 426 g/mol. The van der Waals surface area contributed by atoms with Gasteiger partial charge in [-0.1, -0.05) is 29.3 Å². The summed E-state index contributed by atoms with van der Waals surface area (Å²) in [5.41, 5.74) is 1.45. The summed E-state index contributed by atoms with van der Waals surface area (Å²) in [6, 6.07) is 12.4.